The molecule has 98 valence electrons. The van der Waals surface area contributed by atoms with Gasteiger partial charge < -0.3 is 15.5 Å². The molecule has 0 aromatic heterocycles. The van der Waals surface area contributed by atoms with Crippen LogP contribution in [0.3, 0.4) is 0 Å². The highest BCUT2D eigenvalue weighted by Gasteiger charge is 2.13. The van der Waals surface area contributed by atoms with Crippen molar-refractivity contribution >= 4 is 0 Å². The van der Waals surface area contributed by atoms with E-state index in [1.165, 1.54) is 22.3 Å². The zero-order valence-corrected chi connectivity index (χ0v) is 11.6. The first-order chi connectivity index (χ1) is 8.60. The summed E-state index contributed by atoms with van der Waals surface area (Å²) in [7, 11) is 0. The Labute approximate surface area is 110 Å². The first-order valence-electron chi connectivity index (χ1n) is 6.53. The number of aryl methyl sites for hydroxylation is 3. The Morgan fingerprint density at radius 3 is 2.28 bits per heavy atom. The minimum absolute atomic E-state index is 0.709. The van der Waals surface area contributed by atoms with Gasteiger partial charge >= 0.3 is 0 Å². The van der Waals surface area contributed by atoms with Crippen LogP contribution in [0.2, 0.25) is 0 Å². The number of benzene rings is 1. The molecular formula is C15H23N3. The van der Waals surface area contributed by atoms with E-state index in [9.17, 15) is 0 Å². The number of hydrogen-bond acceptors (Lipinski definition) is 3. The number of nitrogens with two attached hydrogens (primary N) is 1. The Morgan fingerprint density at radius 2 is 1.67 bits per heavy atom. The lowest BCUT2D eigenvalue weighted by atomic mass is 9.99. The topological polar surface area (TPSA) is 32.5 Å². The summed E-state index contributed by atoms with van der Waals surface area (Å²) in [5, 5.41) is 0. The zero-order chi connectivity index (χ0) is 13.1. The fraction of sp³-hybridized carbons (Fsp3) is 0.467. The second kappa shape index (κ2) is 5.44. The molecule has 2 N–H and O–H groups in total. The van der Waals surface area contributed by atoms with Gasteiger partial charge in [-0.05, 0) is 37.5 Å². The van der Waals surface area contributed by atoms with E-state index in [1.807, 2.05) is 0 Å². The lowest BCUT2D eigenvalue weighted by molar-refractivity contribution is 0.263. The van der Waals surface area contributed by atoms with E-state index in [1.54, 1.807) is 0 Å². The predicted molar refractivity (Wildman–Crippen MR) is 76.0 cm³/mol. The van der Waals surface area contributed by atoms with Gasteiger partial charge in [0.1, 0.15) is 0 Å². The third kappa shape index (κ3) is 2.85. The van der Waals surface area contributed by atoms with Crippen molar-refractivity contribution < 1.29 is 0 Å². The van der Waals surface area contributed by atoms with Crippen LogP contribution in [0.5, 0.6) is 0 Å². The Balaban J connectivity index is 2.05. The summed E-state index contributed by atoms with van der Waals surface area (Å²) in [4.78, 5) is 4.58. The molecule has 3 heteroatoms. The Bertz CT molecular complexity index is 428. The van der Waals surface area contributed by atoms with Gasteiger partial charge in [-0.15, -0.1) is 0 Å². The molecule has 1 aromatic carbocycles. The molecule has 0 unspecified atom stereocenters. The van der Waals surface area contributed by atoms with Gasteiger partial charge in [-0.1, -0.05) is 17.7 Å². The number of rotatable bonds is 4. The van der Waals surface area contributed by atoms with Crippen molar-refractivity contribution in [1.29, 1.82) is 0 Å². The molecule has 1 aliphatic heterocycles. The van der Waals surface area contributed by atoms with Crippen molar-refractivity contribution in [2.24, 2.45) is 5.73 Å². The van der Waals surface area contributed by atoms with Crippen molar-refractivity contribution in [2.75, 3.05) is 19.8 Å². The van der Waals surface area contributed by atoms with E-state index < -0.39 is 0 Å². The lowest BCUT2D eigenvalue weighted by Gasteiger charge is -2.22. The van der Waals surface area contributed by atoms with Crippen LogP contribution in [-0.2, 0) is 6.54 Å². The standard InChI is InChI=1S/C15H23N3/c1-12-8-13(2)15(14(3)9-12)10-18-7-6-17(11-18)5-4-16/h6-9H,4-5,10-11,16H2,1-3H3. The second-order valence-electron chi connectivity index (χ2n) is 5.16. The van der Waals surface area contributed by atoms with Gasteiger partial charge in [0, 0.05) is 32.0 Å². The van der Waals surface area contributed by atoms with Gasteiger partial charge in [-0.25, -0.2) is 0 Å². The number of hydrogen-bond donors (Lipinski definition) is 1. The summed E-state index contributed by atoms with van der Waals surface area (Å²) in [5.74, 6) is 0. The molecule has 2 rings (SSSR count). The van der Waals surface area contributed by atoms with Gasteiger partial charge in [0.25, 0.3) is 0 Å². The van der Waals surface area contributed by atoms with Crippen LogP contribution in [0.15, 0.2) is 24.5 Å². The zero-order valence-electron chi connectivity index (χ0n) is 11.6. The van der Waals surface area contributed by atoms with Gasteiger partial charge in [-0.3, -0.25) is 0 Å². The molecule has 0 saturated heterocycles. The third-order valence-corrected chi connectivity index (χ3v) is 3.47. The molecule has 0 bridgehead atoms. The van der Waals surface area contributed by atoms with E-state index in [0.29, 0.717) is 6.54 Å². The van der Waals surface area contributed by atoms with E-state index in [-0.39, 0.29) is 0 Å². The summed E-state index contributed by atoms with van der Waals surface area (Å²) >= 11 is 0. The van der Waals surface area contributed by atoms with E-state index >= 15 is 0 Å². The summed E-state index contributed by atoms with van der Waals surface area (Å²) in [6.07, 6.45) is 4.29. The lowest BCUT2D eigenvalue weighted by Crippen LogP contribution is -2.29. The van der Waals surface area contributed by atoms with Crippen molar-refractivity contribution in [2.45, 2.75) is 27.3 Å². The molecule has 0 spiro atoms. The van der Waals surface area contributed by atoms with Crippen LogP contribution < -0.4 is 5.73 Å². The van der Waals surface area contributed by atoms with Crippen LogP contribution in [-0.4, -0.2) is 29.6 Å². The SMILES string of the molecule is Cc1cc(C)c(CN2C=CN(CCN)C2)c(C)c1. The van der Waals surface area contributed by atoms with Gasteiger partial charge in [0.2, 0.25) is 0 Å². The molecule has 1 aromatic rings. The summed E-state index contributed by atoms with van der Waals surface area (Å²) in [6.45, 7) is 10.1. The largest absolute Gasteiger partial charge is 0.357 e. The number of nitrogens with zero attached hydrogens (tertiary/aromatic N) is 2. The quantitative estimate of drug-likeness (QED) is 0.882. The van der Waals surface area contributed by atoms with Crippen molar-refractivity contribution in [3.8, 4) is 0 Å². The second-order valence-corrected chi connectivity index (χ2v) is 5.16. The molecular weight excluding hydrogens is 222 g/mol. The molecule has 0 atom stereocenters. The van der Waals surface area contributed by atoms with Crippen molar-refractivity contribution in [3.63, 3.8) is 0 Å². The maximum absolute atomic E-state index is 5.58. The monoisotopic (exact) mass is 245 g/mol. The van der Waals surface area contributed by atoms with Crippen LogP contribution in [0.1, 0.15) is 22.3 Å². The predicted octanol–water partition coefficient (Wildman–Crippen LogP) is 2.12. The molecule has 0 fully saturated rings. The Kier molecular flexibility index (Phi) is 3.92. The fourth-order valence-corrected chi connectivity index (χ4v) is 2.59. The summed E-state index contributed by atoms with van der Waals surface area (Å²) in [6, 6.07) is 4.53. The Hall–Kier alpha value is -1.48. The molecule has 1 heterocycles. The molecule has 18 heavy (non-hydrogen) atoms. The maximum atomic E-state index is 5.58. The van der Waals surface area contributed by atoms with Crippen LogP contribution in [0, 0.1) is 20.8 Å². The average molecular weight is 245 g/mol. The highest BCUT2D eigenvalue weighted by Crippen LogP contribution is 2.20. The molecule has 0 amide bonds. The minimum atomic E-state index is 0.709. The molecule has 3 nitrogen and oxygen atoms in total. The minimum Gasteiger partial charge on any atom is -0.357 e. The van der Waals surface area contributed by atoms with E-state index in [2.05, 4.69) is 55.1 Å². The summed E-state index contributed by atoms with van der Waals surface area (Å²) in [5.41, 5.74) is 11.1. The van der Waals surface area contributed by atoms with Crippen LogP contribution in [0.4, 0.5) is 0 Å². The molecule has 0 aliphatic carbocycles. The highest BCUT2D eigenvalue weighted by atomic mass is 15.3. The molecule has 0 saturated carbocycles. The van der Waals surface area contributed by atoms with Gasteiger partial charge in [-0.2, -0.15) is 0 Å². The first kappa shape index (κ1) is 13.0. The molecule has 1 aliphatic rings. The normalized spacial score (nSPS) is 14.7. The highest BCUT2D eigenvalue weighted by molar-refractivity contribution is 5.37. The summed E-state index contributed by atoms with van der Waals surface area (Å²) < 4.78 is 0. The van der Waals surface area contributed by atoms with Gasteiger partial charge in [0.05, 0.1) is 6.67 Å². The van der Waals surface area contributed by atoms with Crippen LogP contribution in [0.25, 0.3) is 0 Å². The fourth-order valence-electron chi connectivity index (χ4n) is 2.59. The van der Waals surface area contributed by atoms with Gasteiger partial charge in [0.15, 0.2) is 0 Å². The van der Waals surface area contributed by atoms with E-state index in [0.717, 1.165) is 19.8 Å². The average Bonchev–Trinajstić information content (AvgIpc) is 2.72. The first-order valence-corrected chi connectivity index (χ1v) is 6.53. The van der Waals surface area contributed by atoms with E-state index in [4.69, 9.17) is 5.73 Å². The Morgan fingerprint density at radius 1 is 1.06 bits per heavy atom. The third-order valence-electron chi connectivity index (χ3n) is 3.47. The van der Waals surface area contributed by atoms with Crippen LogP contribution >= 0.6 is 0 Å². The van der Waals surface area contributed by atoms with Crippen molar-refractivity contribution in [3.05, 3.63) is 46.8 Å². The maximum Gasteiger partial charge on any atom is 0.0897 e. The molecule has 0 radical (unpaired) electrons. The smallest absolute Gasteiger partial charge is 0.0897 e. The van der Waals surface area contributed by atoms with Crippen molar-refractivity contribution in [1.82, 2.24) is 9.80 Å².